The van der Waals surface area contributed by atoms with Crippen molar-refractivity contribution in [3.8, 4) is 5.75 Å². The zero-order chi connectivity index (χ0) is 24.4. The number of ether oxygens (including phenoxy) is 1. The summed E-state index contributed by atoms with van der Waals surface area (Å²) in [6.07, 6.45) is 0. The van der Waals surface area contributed by atoms with Crippen LogP contribution in [0.3, 0.4) is 0 Å². The molecule has 1 aromatic heterocycles. The third-order valence-electron chi connectivity index (χ3n) is 5.63. The normalized spacial score (nSPS) is 14.8. The lowest BCUT2D eigenvalue weighted by molar-refractivity contribution is -0.113. The molecule has 2 heterocycles. The third kappa shape index (κ3) is 4.71. The molecule has 35 heavy (non-hydrogen) atoms. The molecule has 0 saturated heterocycles. The average molecular weight is 507 g/mol. The van der Waals surface area contributed by atoms with Crippen LogP contribution in [0.25, 0.3) is 0 Å². The van der Waals surface area contributed by atoms with E-state index in [0.717, 1.165) is 11.1 Å². The van der Waals surface area contributed by atoms with Crippen molar-refractivity contribution < 1.29 is 9.53 Å². The Hall–Kier alpha value is -3.88. The van der Waals surface area contributed by atoms with Crippen LogP contribution in [0.1, 0.15) is 24.1 Å². The summed E-state index contributed by atoms with van der Waals surface area (Å²) in [5.41, 5.74) is 3.40. The summed E-state index contributed by atoms with van der Waals surface area (Å²) in [5, 5.41) is 19.1. The number of allylic oxidation sites excluding steroid dienone is 1. The lowest BCUT2D eigenvalue weighted by Gasteiger charge is -2.28. The van der Waals surface area contributed by atoms with Gasteiger partial charge in [0.15, 0.2) is 0 Å². The Labute approximate surface area is 211 Å². The largest absolute Gasteiger partial charge is 0.489 e. The summed E-state index contributed by atoms with van der Waals surface area (Å²) in [4.78, 5) is 13.3. The second kappa shape index (κ2) is 9.77. The van der Waals surface area contributed by atoms with Crippen molar-refractivity contribution >= 4 is 40.7 Å². The molecule has 2 N–H and O–H groups in total. The second-order valence-corrected chi connectivity index (χ2v) is 8.71. The number of tetrazole rings is 1. The van der Waals surface area contributed by atoms with Gasteiger partial charge in [-0.05, 0) is 59.3 Å². The van der Waals surface area contributed by atoms with Crippen molar-refractivity contribution in [3.05, 3.63) is 105 Å². The van der Waals surface area contributed by atoms with Gasteiger partial charge in [-0.2, -0.15) is 4.68 Å². The Kier molecular flexibility index (Phi) is 6.39. The molecule has 8 nitrogen and oxygen atoms in total. The number of halogens is 2. The lowest BCUT2D eigenvalue weighted by atomic mass is 9.95. The van der Waals surface area contributed by atoms with Crippen molar-refractivity contribution in [2.24, 2.45) is 0 Å². The zero-order valence-electron chi connectivity index (χ0n) is 18.6. The molecule has 0 spiro atoms. The fraction of sp³-hybridized carbons (Fsp3) is 0.120. The Morgan fingerprint density at radius 3 is 2.46 bits per heavy atom. The van der Waals surface area contributed by atoms with Crippen molar-refractivity contribution in [2.75, 3.05) is 10.6 Å². The highest BCUT2D eigenvalue weighted by Gasteiger charge is 2.34. The molecule has 176 valence electrons. The first-order valence-corrected chi connectivity index (χ1v) is 11.5. The Morgan fingerprint density at radius 2 is 1.74 bits per heavy atom. The van der Waals surface area contributed by atoms with Gasteiger partial charge in [-0.15, -0.1) is 0 Å². The summed E-state index contributed by atoms with van der Waals surface area (Å²) >= 11 is 12.5. The molecule has 0 saturated carbocycles. The van der Waals surface area contributed by atoms with Gasteiger partial charge in [0.1, 0.15) is 18.4 Å². The van der Waals surface area contributed by atoms with Crippen LogP contribution in [0, 0.1) is 0 Å². The number of carbonyl (C=O) groups is 1. The quantitative estimate of drug-likeness (QED) is 0.359. The van der Waals surface area contributed by atoms with Crippen LogP contribution in [0.15, 0.2) is 84.1 Å². The number of carbonyl (C=O) groups excluding carboxylic acids is 1. The molecule has 1 unspecified atom stereocenters. The van der Waals surface area contributed by atoms with Gasteiger partial charge in [-0.1, -0.05) is 64.7 Å². The number of nitrogens with zero attached hydrogens (tertiary/aromatic N) is 4. The number of aromatic nitrogens is 4. The van der Waals surface area contributed by atoms with E-state index in [2.05, 4.69) is 26.2 Å². The van der Waals surface area contributed by atoms with Gasteiger partial charge in [-0.25, -0.2) is 0 Å². The molecule has 0 fully saturated rings. The summed E-state index contributed by atoms with van der Waals surface area (Å²) in [5.74, 6) is 0.838. The molecular weight excluding hydrogens is 487 g/mol. The molecule has 1 atom stereocenters. The Balaban J connectivity index is 1.42. The van der Waals surface area contributed by atoms with E-state index in [9.17, 15) is 4.79 Å². The molecule has 0 radical (unpaired) electrons. The molecule has 10 heteroatoms. The highest BCUT2D eigenvalue weighted by molar-refractivity contribution is 6.35. The van der Waals surface area contributed by atoms with E-state index >= 15 is 0 Å². The van der Waals surface area contributed by atoms with E-state index in [1.54, 1.807) is 22.9 Å². The molecular formula is C25H20Cl2N6O2. The predicted molar refractivity (Wildman–Crippen MR) is 135 cm³/mol. The van der Waals surface area contributed by atoms with Crippen LogP contribution in [-0.4, -0.2) is 26.1 Å². The minimum Gasteiger partial charge on any atom is -0.489 e. The van der Waals surface area contributed by atoms with E-state index in [4.69, 9.17) is 27.9 Å². The smallest absolute Gasteiger partial charge is 0.255 e. The van der Waals surface area contributed by atoms with Gasteiger partial charge in [0.25, 0.3) is 5.91 Å². The number of benzene rings is 3. The monoisotopic (exact) mass is 506 g/mol. The summed E-state index contributed by atoms with van der Waals surface area (Å²) in [6, 6.07) is 21.5. The Bertz CT molecular complexity index is 1380. The molecule has 1 amide bonds. The number of nitrogens with one attached hydrogen (secondary N) is 2. The van der Waals surface area contributed by atoms with Crippen molar-refractivity contribution in [3.63, 3.8) is 0 Å². The van der Waals surface area contributed by atoms with Gasteiger partial charge in [-0.3, -0.25) is 4.79 Å². The van der Waals surface area contributed by atoms with Crippen LogP contribution in [-0.2, 0) is 11.4 Å². The minimum atomic E-state index is -0.531. The van der Waals surface area contributed by atoms with E-state index in [0.29, 0.717) is 38.7 Å². The van der Waals surface area contributed by atoms with Gasteiger partial charge < -0.3 is 15.4 Å². The lowest BCUT2D eigenvalue weighted by Crippen LogP contribution is -2.31. The third-order valence-corrected chi connectivity index (χ3v) is 6.34. The zero-order valence-corrected chi connectivity index (χ0v) is 20.1. The summed E-state index contributed by atoms with van der Waals surface area (Å²) in [6.45, 7) is 2.06. The van der Waals surface area contributed by atoms with Gasteiger partial charge in [0, 0.05) is 27.0 Å². The summed E-state index contributed by atoms with van der Waals surface area (Å²) in [7, 11) is 0. The number of fused-ring (bicyclic) bond motifs is 1. The Morgan fingerprint density at radius 1 is 1.03 bits per heavy atom. The SMILES string of the molecule is CC1=C(C(=O)Nc2ccccc2)C(c2ccc(OCc3c(Cl)cccc3Cl)cc2)n2nnnc2N1. The minimum absolute atomic E-state index is 0.228. The number of amides is 1. The van der Waals surface area contributed by atoms with Gasteiger partial charge >= 0.3 is 0 Å². The second-order valence-electron chi connectivity index (χ2n) is 7.89. The van der Waals surface area contributed by atoms with Crippen molar-refractivity contribution in [1.82, 2.24) is 20.2 Å². The molecule has 0 aliphatic carbocycles. The summed E-state index contributed by atoms with van der Waals surface area (Å²) < 4.78 is 7.49. The van der Waals surface area contributed by atoms with Crippen molar-refractivity contribution in [1.29, 1.82) is 0 Å². The molecule has 3 aromatic carbocycles. The van der Waals surface area contributed by atoms with Crippen LogP contribution >= 0.6 is 23.2 Å². The molecule has 1 aliphatic rings. The van der Waals surface area contributed by atoms with Crippen LogP contribution in [0.4, 0.5) is 11.6 Å². The van der Waals surface area contributed by atoms with E-state index in [-0.39, 0.29) is 12.5 Å². The van der Waals surface area contributed by atoms with E-state index in [1.165, 1.54) is 0 Å². The number of hydrogen-bond donors (Lipinski definition) is 2. The maximum atomic E-state index is 13.3. The van der Waals surface area contributed by atoms with Crippen molar-refractivity contribution in [2.45, 2.75) is 19.6 Å². The fourth-order valence-electron chi connectivity index (χ4n) is 3.91. The first kappa shape index (κ1) is 22.9. The van der Waals surface area contributed by atoms with E-state index in [1.807, 2.05) is 61.5 Å². The molecule has 4 aromatic rings. The highest BCUT2D eigenvalue weighted by atomic mass is 35.5. The number of anilines is 2. The van der Waals surface area contributed by atoms with Crippen LogP contribution < -0.4 is 15.4 Å². The van der Waals surface area contributed by atoms with Gasteiger partial charge in [0.05, 0.1) is 5.57 Å². The fourth-order valence-corrected chi connectivity index (χ4v) is 4.41. The van der Waals surface area contributed by atoms with E-state index < -0.39 is 6.04 Å². The number of para-hydroxylation sites is 1. The maximum absolute atomic E-state index is 13.3. The number of rotatable bonds is 6. The number of hydrogen-bond acceptors (Lipinski definition) is 6. The standard InChI is InChI=1S/C25H20Cl2N6O2/c1-15-22(24(34)29-17-6-3-2-4-7-17)23(33-25(28-15)30-31-32-33)16-10-12-18(13-11-16)35-14-19-20(26)8-5-9-21(19)27/h2-13,23H,14H2,1H3,(H,29,34)(H,28,30,32). The first-order chi connectivity index (χ1) is 17.0. The van der Waals surface area contributed by atoms with Crippen LogP contribution in [0.5, 0.6) is 5.75 Å². The highest BCUT2D eigenvalue weighted by Crippen LogP contribution is 2.35. The predicted octanol–water partition coefficient (Wildman–Crippen LogP) is 5.49. The maximum Gasteiger partial charge on any atom is 0.255 e. The first-order valence-electron chi connectivity index (χ1n) is 10.8. The topological polar surface area (TPSA) is 94.0 Å². The van der Waals surface area contributed by atoms with Crippen LogP contribution in [0.2, 0.25) is 10.0 Å². The molecule has 0 bridgehead atoms. The molecule has 1 aliphatic heterocycles. The molecule has 5 rings (SSSR count). The van der Waals surface area contributed by atoms with Gasteiger partial charge in [0.2, 0.25) is 5.95 Å². The average Bonchev–Trinajstić information content (AvgIpc) is 3.32.